The molecule has 0 fully saturated rings. The smallest absolute Gasteiger partial charge is 0.226 e. The zero-order valence-electron chi connectivity index (χ0n) is 8.47. The van der Waals surface area contributed by atoms with Crippen LogP contribution in [0.25, 0.3) is 0 Å². The highest BCUT2D eigenvalue weighted by Crippen LogP contribution is 2.34. The molecule has 2 N–H and O–H groups in total. The molecule has 0 spiro atoms. The monoisotopic (exact) mass is 214 g/mol. The average Bonchev–Trinajstić information content (AvgIpc) is 2.77. The van der Waals surface area contributed by atoms with E-state index < -0.39 is 0 Å². The Balaban J connectivity index is 2.07. The standard InChI is InChI=1S/C11H10N4O/c16-10-4-8(7-2-1-3-12-5-7)9-6-13-15-11(9)14-10/h1-3,5-6,8H,4H2,(H2,13,14,15,16)/t8-/m1/s1. The van der Waals surface area contributed by atoms with E-state index in [9.17, 15) is 4.79 Å². The van der Waals surface area contributed by atoms with Crippen LogP contribution in [-0.2, 0) is 4.79 Å². The Labute approximate surface area is 91.9 Å². The van der Waals surface area contributed by atoms with Gasteiger partial charge in [0.1, 0.15) is 5.82 Å². The van der Waals surface area contributed by atoms with E-state index >= 15 is 0 Å². The molecule has 16 heavy (non-hydrogen) atoms. The summed E-state index contributed by atoms with van der Waals surface area (Å²) in [5, 5.41) is 9.50. The third-order valence-corrected chi connectivity index (χ3v) is 2.78. The fourth-order valence-electron chi connectivity index (χ4n) is 2.03. The Kier molecular flexibility index (Phi) is 1.96. The second-order valence-corrected chi connectivity index (χ2v) is 3.79. The Hall–Kier alpha value is -2.17. The van der Waals surface area contributed by atoms with E-state index in [1.165, 1.54) is 0 Å². The minimum atomic E-state index is 0.00519. The van der Waals surface area contributed by atoms with Crippen LogP contribution in [0.5, 0.6) is 0 Å². The van der Waals surface area contributed by atoms with Gasteiger partial charge in [-0.3, -0.25) is 14.9 Å². The average molecular weight is 214 g/mol. The number of H-pyrrole nitrogens is 1. The van der Waals surface area contributed by atoms with Gasteiger partial charge in [-0.1, -0.05) is 6.07 Å². The molecule has 0 aromatic carbocycles. The van der Waals surface area contributed by atoms with Crippen LogP contribution in [0.4, 0.5) is 5.82 Å². The lowest BCUT2D eigenvalue weighted by Crippen LogP contribution is -2.22. The minimum absolute atomic E-state index is 0.00519. The van der Waals surface area contributed by atoms with Crippen molar-refractivity contribution in [2.24, 2.45) is 0 Å². The number of carbonyl (C=O) groups is 1. The summed E-state index contributed by atoms with van der Waals surface area (Å²) in [6.45, 7) is 0. The van der Waals surface area contributed by atoms with Gasteiger partial charge in [0.25, 0.3) is 0 Å². The van der Waals surface area contributed by atoms with E-state index in [0.29, 0.717) is 12.2 Å². The molecule has 0 saturated heterocycles. The Morgan fingerprint density at radius 1 is 1.38 bits per heavy atom. The number of nitrogens with zero attached hydrogens (tertiary/aromatic N) is 2. The van der Waals surface area contributed by atoms with Gasteiger partial charge in [0.2, 0.25) is 5.91 Å². The van der Waals surface area contributed by atoms with Crippen molar-refractivity contribution < 1.29 is 4.79 Å². The molecule has 80 valence electrons. The highest BCUT2D eigenvalue weighted by atomic mass is 16.1. The summed E-state index contributed by atoms with van der Waals surface area (Å²) in [5.41, 5.74) is 2.06. The molecule has 0 bridgehead atoms. The van der Waals surface area contributed by atoms with E-state index in [2.05, 4.69) is 20.5 Å². The SMILES string of the molecule is O=C1C[C@H](c2cccnc2)c2cn[nH]c2N1. The van der Waals surface area contributed by atoms with Crippen LogP contribution < -0.4 is 5.32 Å². The minimum Gasteiger partial charge on any atom is -0.311 e. The number of rotatable bonds is 1. The molecule has 2 aromatic rings. The van der Waals surface area contributed by atoms with Crippen LogP contribution in [0, 0.1) is 0 Å². The van der Waals surface area contributed by atoms with E-state index in [1.807, 2.05) is 12.1 Å². The summed E-state index contributed by atoms with van der Waals surface area (Å²) in [4.78, 5) is 15.6. The number of pyridine rings is 1. The van der Waals surface area contributed by atoms with Gasteiger partial charge in [-0.25, -0.2) is 0 Å². The maximum absolute atomic E-state index is 11.5. The topological polar surface area (TPSA) is 70.7 Å². The molecule has 2 aromatic heterocycles. The third kappa shape index (κ3) is 1.37. The van der Waals surface area contributed by atoms with Crippen LogP contribution in [-0.4, -0.2) is 21.1 Å². The molecule has 1 aliphatic heterocycles. The molecule has 0 saturated carbocycles. The number of fused-ring (bicyclic) bond motifs is 1. The van der Waals surface area contributed by atoms with Gasteiger partial charge in [-0.2, -0.15) is 5.10 Å². The number of anilines is 1. The summed E-state index contributed by atoms with van der Waals surface area (Å²) in [6, 6.07) is 3.86. The van der Waals surface area contributed by atoms with Crippen molar-refractivity contribution >= 4 is 11.7 Å². The van der Waals surface area contributed by atoms with Crippen molar-refractivity contribution in [2.75, 3.05) is 5.32 Å². The van der Waals surface area contributed by atoms with E-state index in [-0.39, 0.29) is 11.8 Å². The summed E-state index contributed by atoms with van der Waals surface area (Å²) >= 11 is 0. The predicted octanol–water partition coefficient (Wildman–Crippen LogP) is 1.28. The zero-order chi connectivity index (χ0) is 11.0. The van der Waals surface area contributed by atoms with Crippen LogP contribution >= 0.6 is 0 Å². The van der Waals surface area contributed by atoms with Gasteiger partial charge in [0.05, 0.1) is 6.20 Å². The molecule has 0 aliphatic carbocycles. The maximum Gasteiger partial charge on any atom is 0.226 e. The highest BCUT2D eigenvalue weighted by molar-refractivity contribution is 5.94. The predicted molar refractivity (Wildman–Crippen MR) is 57.9 cm³/mol. The van der Waals surface area contributed by atoms with Gasteiger partial charge in [0.15, 0.2) is 0 Å². The first-order chi connectivity index (χ1) is 7.84. The number of aromatic nitrogens is 3. The van der Waals surface area contributed by atoms with Crippen LogP contribution in [0.15, 0.2) is 30.7 Å². The largest absolute Gasteiger partial charge is 0.311 e. The highest BCUT2D eigenvalue weighted by Gasteiger charge is 2.27. The number of aromatic amines is 1. The number of carbonyl (C=O) groups excluding carboxylic acids is 1. The van der Waals surface area contributed by atoms with Crippen molar-refractivity contribution in [3.05, 3.63) is 41.9 Å². The molecule has 0 radical (unpaired) electrons. The van der Waals surface area contributed by atoms with Gasteiger partial charge >= 0.3 is 0 Å². The lowest BCUT2D eigenvalue weighted by Gasteiger charge is -2.21. The van der Waals surface area contributed by atoms with Gasteiger partial charge in [-0.15, -0.1) is 0 Å². The number of hydrogen-bond donors (Lipinski definition) is 2. The van der Waals surface area contributed by atoms with Crippen LogP contribution in [0.1, 0.15) is 23.5 Å². The second-order valence-electron chi connectivity index (χ2n) is 3.79. The fourth-order valence-corrected chi connectivity index (χ4v) is 2.03. The summed E-state index contributed by atoms with van der Waals surface area (Å²) in [7, 11) is 0. The lowest BCUT2D eigenvalue weighted by molar-refractivity contribution is -0.116. The molecular formula is C11H10N4O. The van der Waals surface area contributed by atoms with Crippen molar-refractivity contribution in [1.29, 1.82) is 0 Å². The van der Waals surface area contributed by atoms with Crippen LogP contribution in [0.3, 0.4) is 0 Å². The molecule has 1 aliphatic rings. The van der Waals surface area contributed by atoms with E-state index in [4.69, 9.17) is 0 Å². The molecule has 0 unspecified atom stereocenters. The molecule has 1 amide bonds. The molecule has 5 nitrogen and oxygen atoms in total. The normalized spacial score (nSPS) is 19.0. The Morgan fingerprint density at radius 2 is 2.31 bits per heavy atom. The summed E-state index contributed by atoms with van der Waals surface area (Å²) in [5.74, 6) is 0.756. The van der Waals surface area contributed by atoms with Gasteiger partial charge < -0.3 is 5.32 Å². The molecule has 5 heteroatoms. The summed E-state index contributed by atoms with van der Waals surface area (Å²) < 4.78 is 0. The quantitative estimate of drug-likeness (QED) is 0.751. The van der Waals surface area contributed by atoms with Crippen molar-refractivity contribution in [2.45, 2.75) is 12.3 Å². The van der Waals surface area contributed by atoms with E-state index in [0.717, 1.165) is 11.1 Å². The van der Waals surface area contributed by atoms with Crippen molar-refractivity contribution in [1.82, 2.24) is 15.2 Å². The van der Waals surface area contributed by atoms with Crippen molar-refractivity contribution in [3.63, 3.8) is 0 Å². The summed E-state index contributed by atoms with van der Waals surface area (Å²) in [6.07, 6.45) is 5.72. The molecule has 1 atom stereocenters. The molecule has 3 heterocycles. The number of amides is 1. The lowest BCUT2D eigenvalue weighted by atomic mass is 9.88. The van der Waals surface area contributed by atoms with Crippen LogP contribution in [0.2, 0.25) is 0 Å². The maximum atomic E-state index is 11.5. The second kappa shape index (κ2) is 3.44. The Morgan fingerprint density at radius 3 is 3.12 bits per heavy atom. The number of nitrogens with one attached hydrogen (secondary N) is 2. The fraction of sp³-hybridized carbons (Fsp3) is 0.182. The van der Waals surface area contributed by atoms with Gasteiger partial charge in [-0.05, 0) is 11.6 Å². The third-order valence-electron chi connectivity index (χ3n) is 2.78. The zero-order valence-corrected chi connectivity index (χ0v) is 8.47. The Bertz CT molecular complexity index is 520. The van der Waals surface area contributed by atoms with E-state index in [1.54, 1.807) is 18.6 Å². The first-order valence-electron chi connectivity index (χ1n) is 5.07. The molecule has 3 rings (SSSR count). The van der Waals surface area contributed by atoms with Crippen molar-refractivity contribution in [3.8, 4) is 0 Å². The number of hydrogen-bond acceptors (Lipinski definition) is 3. The first kappa shape index (κ1) is 9.08. The van der Waals surface area contributed by atoms with Gasteiger partial charge in [0, 0.05) is 30.3 Å². The molecular weight excluding hydrogens is 204 g/mol. The first-order valence-corrected chi connectivity index (χ1v) is 5.07.